The quantitative estimate of drug-likeness (QED) is 0.383. The van der Waals surface area contributed by atoms with Gasteiger partial charge in [0.2, 0.25) is 5.95 Å². The first-order valence-electron chi connectivity index (χ1n) is 10.6. The second kappa shape index (κ2) is 9.74. The van der Waals surface area contributed by atoms with Crippen LogP contribution >= 0.6 is 0 Å². The van der Waals surface area contributed by atoms with Gasteiger partial charge in [0, 0.05) is 25.5 Å². The second-order valence-electron chi connectivity index (χ2n) is 8.00. The highest BCUT2D eigenvalue weighted by Crippen LogP contribution is 2.20. The number of rotatable bonds is 8. The van der Waals surface area contributed by atoms with Gasteiger partial charge in [0.25, 0.3) is 5.56 Å². The van der Waals surface area contributed by atoms with Crippen LogP contribution in [0.5, 0.6) is 0 Å². The lowest BCUT2D eigenvalue weighted by atomic mass is 9.96. The summed E-state index contributed by atoms with van der Waals surface area (Å²) >= 11 is 0. The van der Waals surface area contributed by atoms with Crippen LogP contribution in [0.1, 0.15) is 34.5 Å². The van der Waals surface area contributed by atoms with Gasteiger partial charge in [-0.05, 0) is 49.5 Å². The minimum absolute atomic E-state index is 0.0330. The van der Waals surface area contributed by atoms with Crippen molar-refractivity contribution in [3.8, 4) is 5.95 Å². The molecule has 11 heteroatoms. The van der Waals surface area contributed by atoms with E-state index >= 15 is 0 Å². The maximum absolute atomic E-state index is 13.1. The second-order valence-corrected chi connectivity index (χ2v) is 8.00. The van der Waals surface area contributed by atoms with Crippen molar-refractivity contribution in [3.05, 3.63) is 69.7 Å². The normalized spacial score (nSPS) is 14.8. The maximum atomic E-state index is 13.1. The van der Waals surface area contributed by atoms with E-state index in [0.29, 0.717) is 12.5 Å². The Morgan fingerprint density at radius 2 is 2.03 bits per heavy atom. The Labute approximate surface area is 188 Å². The van der Waals surface area contributed by atoms with Crippen molar-refractivity contribution in [2.75, 3.05) is 25.0 Å². The summed E-state index contributed by atoms with van der Waals surface area (Å²) in [6.07, 6.45) is 5.27. The van der Waals surface area contributed by atoms with Crippen LogP contribution in [0.3, 0.4) is 0 Å². The number of hydrogen-bond acceptors (Lipinski definition) is 7. The van der Waals surface area contributed by atoms with Gasteiger partial charge < -0.3 is 15.8 Å². The monoisotopic (exact) mass is 453 g/mol. The number of carbonyl (C=O) groups is 1. The van der Waals surface area contributed by atoms with Crippen molar-refractivity contribution in [3.63, 3.8) is 0 Å². The lowest BCUT2D eigenvalue weighted by Gasteiger charge is -2.32. The summed E-state index contributed by atoms with van der Waals surface area (Å²) in [6.45, 7) is 3.15. The van der Waals surface area contributed by atoms with Crippen molar-refractivity contribution in [2.24, 2.45) is 5.92 Å². The third kappa shape index (κ3) is 5.32. The van der Waals surface area contributed by atoms with Gasteiger partial charge in [-0.1, -0.05) is 12.1 Å². The molecule has 10 nitrogen and oxygen atoms in total. The molecule has 4 N–H and O–H groups in total. The molecule has 1 aromatic carbocycles. The van der Waals surface area contributed by atoms with Gasteiger partial charge in [-0.3, -0.25) is 14.7 Å². The molecular formula is C22H24FN7O3. The summed E-state index contributed by atoms with van der Waals surface area (Å²) in [6, 6.07) is 6.55. The molecule has 0 radical (unpaired) electrons. The predicted molar refractivity (Wildman–Crippen MR) is 120 cm³/mol. The van der Waals surface area contributed by atoms with Crippen LogP contribution in [-0.2, 0) is 6.54 Å². The molecule has 4 rings (SSSR count). The number of aromatic carboxylic acids is 1. The molecule has 1 aliphatic heterocycles. The zero-order chi connectivity index (χ0) is 23.4. The Hall–Kier alpha value is -3.86. The number of hydrogen-bond donors (Lipinski definition) is 4. The van der Waals surface area contributed by atoms with Crippen molar-refractivity contribution >= 4 is 17.9 Å². The average Bonchev–Trinajstić information content (AvgIpc) is 3.31. The van der Waals surface area contributed by atoms with E-state index in [0.717, 1.165) is 55.1 Å². The number of likely N-dealkylation sites (tertiary alicyclic amines) is 1. The first kappa shape index (κ1) is 22.3. The van der Waals surface area contributed by atoms with E-state index in [1.807, 2.05) is 0 Å². The van der Waals surface area contributed by atoms with E-state index < -0.39 is 11.5 Å². The Bertz CT molecular complexity index is 1200. The van der Waals surface area contributed by atoms with Gasteiger partial charge in [0.1, 0.15) is 17.2 Å². The summed E-state index contributed by atoms with van der Waals surface area (Å²) in [7, 11) is 0. The summed E-state index contributed by atoms with van der Waals surface area (Å²) in [5, 5.41) is 23.7. The molecule has 0 spiro atoms. The molecule has 2 aromatic heterocycles. The lowest BCUT2D eigenvalue weighted by Crippen LogP contribution is -2.36. The Morgan fingerprint density at radius 1 is 1.30 bits per heavy atom. The molecule has 0 bridgehead atoms. The third-order valence-corrected chi connectivity index (χ3v) is 5.71. The van der Waals surface area contributed by atoms with E-state index in [4.69, 9.17) is 10.5 Å². The largest absolute Gasteiger partial charge is 0.478 e. The highest BCUT2D eigenvalue weighted by Gasteiger charge is 2.21. The maximum Gasteiger partial charge on any atom is 0.338 e. The van der Waals surface area contributed by atoms with Crippen molar-refractivity contribution < 1.29 is 14.3 Å². The number of benzene rings is 1. The van der Waals surface area contributed by atoms with Gasteiger partial charge in [-0.25, -0.2) is 18.9 Å². The molecule has 1 aliphatic rings. The SMILES string of the molecule is N=Cc1nc(-n2cc(C(=O)O)cn2)[nH]c(=O)c1NCC1CCN(Cc2ccc(F)cc2)CC1. The number of aromatic nitrogens is 4. The highest BCUT2D eigenvalue weighted by molar-refractivity contribution is 5.87. The van der Waals surface area contributed by atoms with Gasteiger partial charge in [0.05, 0.1) is 11.8 Å². The zero-order valence-electron chi connectivity index (χ0n) is 17.8. The average molecular weight is 453 g/mol. The number of aromatic amines is 1. The minimum atomic E-state index is -1.14. The van der Waals surface area contributed by atoms with Crippen LogP contribution in [0.25, 0.3) is 5.95 Å². The molecule has 0 aliphatic carbocycles. The number of nitrogens with zero attached hydrogens (tertiary/aromatic N) is 4. The molecule has 172 valence electrons. The summed E-state index contributed by atoms with van der Waals surface area (Å²) in [4.78, 5) is 32.8. The topological polar surface area (TPSA) is 140 Å². The van der Waals surface area contributed by atoms with Crippen LogP contribution in [0.15, 0.2) is 41.5 Å². The molecular weight excluding hydrogens is 429 g/mol. The Kier molecular flexibility index (Phi) is 6.59. The number of halogens is 1. The van der Waals surface area contributed by atoms with E-state index in [1.165, 1.54) is 18.3 Å². The van der Waals surface area contributed by atoms with Crippen molar-refractivity contribution in [1.29, 1.82) is 5.41 Å². The molecule has 33 heavy (non-hydrogen) atoms. The van der Waals surface area contributed by atoms with Crippen LogP contribution in [0.2, 0.25) is 0 Å². The molecule has 0 amide bonds. The number of nitrogens with one attached hydrogen (secondary N) is 3. The highest BCUT2D eigenvalue weighted by atomic mass is 19.1. The van der Waals surface area contributed by atoms with Gasteiger partial charge in [0.15, 0.2) is 0 Å². The summed E-state index contributed by atoms with van der Waals surface area (Å²) in [5.41, 5.74) is 0.929. The van der Waals surface area contributed by atoms with Crippen LogP contribution in [-0.4, -0.2) is 61.6 Å². The van der Waals surface area contributed by atoms with Crippen molar-refractivity contribution in [2.45, 2.75) is 19.4 Å². The van der Waals surface area contributed by atoms with E-state index in [-0.39, 0.29) is 28.7 Å². The van der Waals surface area contributed by atoms with E-state index in [2.05, 4.69) is 25.3 Å². The zero-order valence-corrected chi connectivity index (χ0v) is 17.8. The van der Waals surface area contributed by atoms with Crippen molar-refractivity contribution in [1.82, 2.24) is 24.6 Å². The predicted octanol–water partition coefficient (Wildman–Crippen LogP) is 2.11. The fraction of sp³-hybridized carbons (Fsp3) is 0.318. The third-order valence-electron chi connectivity index (χ3n) is 5.71. The van der Waals surface area contributed by atoms with Gasteiger partial charge in [-0.15, -0.1) is 0 Å². The van der Waals surface area contributed by atoms with Gasteiger partial charge in [-0.2, -0.15) is 5.10 Å². The minimum Gasteiger partial charge on any atom is -0.478 e. The molecule has 3 heterocycles. The van der Waals surface area contributed by atoms with E-state index in [9.17, 15) is 14.0 Å². The Balaban J connectivity index is 1.36. The van der Waals surface area contributed by atoms with Gasteiger partial charge >= 0.3 is 5.97 Å². The molecule has 1 fully saturated rings. The fourth-order valence-electron chi connectivity index (χ4n) is 3.85. The molecule has 1 saturated heterocycles. The molecule has 3 aromatic rings. The fourth-order valence-corrected chi connectivity index (χ4v) is 3.85. The standard InChI is InChI=1S/C22H24FN7O3/c23-17-3-1-15(2-4-17)12-29-7-5-14(6-8-29)10-25-19-18(9-24)27-22(28-20(19)31)30-13-16(11-26-30)21(32)33/h1-4,9,11,13-14,24-25H,5-8,10,12H2,(H,32,33)(H,27,28,31). The number of carboxylic acid groups (broad SMARTS) is 1. The number of carboxylic acids is 1. The molecule has 0 saturated carbocycles. The molecule has 0 unspecified atom stereocenters. The smallest absolute Gasteiger partial charge is 0.338 e. The number of anilines is 1. The van der Waals surface area contributed by atoms with E-state index in [1.54, 1.807) is 12.1 Å². The summed E-state index contributed by atoms with van der Waals surface area (Å²) < 4.78 is 14.2. The lowest BCUT2D eigenvalue weighted by molar-refractivity contribution is 0.0697. The van der Waals surface area contributed by atoms with Crippen LogP contribution in [0, 0.1) is 17.1 Å². The number of H-pyrrole nitrogens is 1. The molecule has 0 atom stereocenters. The first-order valence-corrected chi connectivity index (χ1v) is 10.6. The summed E-state index contributed by atoms with van der Waals surface area (Å²) in [5.74, 6) is -0.986. The van der Waals surface area contributed by atoms with Crippen LogP contribution in [0.4, 0.5) is 10.1 Å². The first-order chi connectivity index (χ1) is 15.9. The Morgan fingerprint density at radius 3 is 2.67 bits per heavy atom. The van der Waals surface area contributed by atoms with Crippen LogP contribution < -0.4 is 10.9 Å². The number of piperidine rings is 1.